The highest BCUT2D eigenvalue weighted by Crippen LogP contribution is 2.33. The highest BCUT2D eigenvalue weighted by Gasteiger charge is 2.40. The largest absolute Gasteiger partial charge is 0.330 e. The molecule has 1 aromatic carbocycles. The summed E-state index contributed by atoms with van der Waals surface area (Å²) in [4.78, 5) is -0.878. The van der Waals surface area contributed by atoms with Crippen LogP contribution in [0.3, 0.4) is 0 Å². The summed E-state index contributed by atoms with van der Waals surface area (Å²) >= 11 is 0. The van der Waals surface area contributed by atoms with E-state index in [-0.39, 0.29) is 30.9 Å². The van der Waals surface area contributed by atoms with Gasteiger partial charge in [-0.2, -0.15) is 4.31 Å². The maximum absolute atomic E-state index is 13.6. The fourth-order valence-corrected chi connectivity index (χ4v) is 3.91. The van der Waals surface area contributed by atoms with E-state index >= 15 is 0 Å². The average Bonchev–Trinajstić information content (AvgIpc) is 2.73. The minimum Gasteiger partial charge on any atom is -0.330 e. The summed E-state index contributed by atoms with van der Waals surface area (Å²) < 4.78 is 52.9. The van der Waals surface area contributed by atoms with Gasteiger partial charge in [0, 0.05) is 13.1 Å². The molecule has 0 amide bonds. The Morgan fingerprint density at radius 3 is 2.35 bits per heavy atom. The fraction of sp³-hybridized carbons (Fsp3) is 0.500. The van der Waals surface area contributed by atoms with E-state index in [9.17, 15) is 17.2 Å². The number of rotatable bonds is 3. The molecule has 2 N–H and O–H groups in total. The number of halogens is 3. The van der Waals surface area contributed by atoms with Crippen molar-refractivity contribution in [3.63, 3.8) is 0 Å². The Hall–Kier alpha value is -0.760. The first kappa shape index (κ1) is 17.3. The summed E-state index contributed by atoms with van der Waals surface area (Å²) in [5.41, 5.74) is 5.26. The van der Waals surface area contributed by atoms with Gasteiger partial charge in [-0.15, -0.1) is 12.4 Å². The van der Waals surface area contributed by atoms with E-state index in [4.69, 9.17) is 5.73 Å². The van der Waals surface area contributed by atoms with Gasteiger partial charge in [-0.1, -0.05) is 13.0 Å². The third kappa shape index (κ3) is 2.95. The first-order valence-electron chi connectivity index (χ1n) is 5.94. The van der Waals surface area contributed by atoms with Gasteiger partial charge in [0.1, 0.15) is 11.6 Å². The molecule has 1 unspecified atom stereocenters. The van der Waals surface area contributed by atoms with Crippen LogP contribution in [-0.4, -0.2) is 32.4 Å². The average molecular weight is 327 g/mol. The first-order valence-corrected chi connectivity index (χ1v) is 7.38. The molecule has 1 aliphatic heterocycles. The molecule has 1 heterocycles. The van der Waals surface area contributed by atoms with Gasteiger partial charge in [0.05, 0.1) is 0 Å². The fourth-order valence-electron chi connectivity index (χ4n) is 2.21. The highest BCUT2D eigenvalue weighted by molar-refractivity contribution is 7.89. The maximum Gasteiger partial charge on any atom is 0.248 e. The Kier molecular flexibility index (Phi) is 5.13. The van der Waals surface area contributed by atoms with E-state index in [1.165, 1.54) is 0 Å². The standard InChI is InChI=1S/C12H16F2N2O2S.ClH/c1-12(7-15)5-6-16(8-12)19(17,18)11-9(13)3-2-4-10(11)14;/h2-4H,5-8,15H2,1H3;1H. The number of hydrogen-bond acceptors (Lipinski definition) is 3. The van der Waals surface area contributed by atoms with Crippen molar-refractivity contribution in [1.29, 1.82) is 0 Å². The van der Waals surface area contributed by atoms with Gasteiger partial charge in [0.2, 0.25) is 10.0 Å². The summed E-state index contributed by atoms with van der Waals surface area (Å²) in [5.74, 6) is -2.14. The van der Waals surface area contributed by atoms with Crippen molar-refractivity contribution >= 4 is 22.4 Å². The van der Waals surface area contributed by atoms with Crippen molar-refractivity contribution in [3.8, 4) is 0 Å². The van der Waals surface area contributed by atoms with Crippen molar-refractivity contribution < 1.29 is 17.2 Å². The maximum atomic E-state index is 13.6. The van der Waals surface area contributed by atoms with Crippen LogP contribution in [0.2, 0.25) is 0 Å². The summed E-state index contributed by atoms with van der Waals surface area (Å²) in [5, 5.41) is 0. The smallest absolute Gasteiger partial charge is 0.248 e. The van der Waals surface area contributed by atoms with E-state index in [1.807, 2.05) is 6.92 Å². The number of nitrogens with two attached hydrogens (primary N) is 1. The van der Waals surface area contributed by atoms with Gasteiger partial charge in [-0.05, 0) is 30.5 Å². The quantitative estimate of drug-likeness (QED) is 0.920. The van der Waals surface area contributed by atoms with Crippen molar-refractivity contribution in [1.82, 2.24) is 4.31 Å². The first-order chi connectivity index (χ1) is 8.80. The van der Waals surface area contributed by atoms with E-state index in [0.29, 0.717) is 13.0 Å². The summed E-state index contributed by atoms with van der Waals surface area (Å²) in [6, 6.07) is 3.01. The van der Waals surface area contributed by atoms with E-state index < -0.39 is 26.6 Å². The molecule has 0 saturated carbocycles. The molecule has 1 saturated heterocycles. The predicted octanol–water partition coefficient (Wildman–Crippen LogP) is 1.75. The van der Waals surface area contributed by atoms with Crippen molar-refractivity contribution in [2.24, 2.45) is 11.1 Å². The lowest BCUT2D eigenvalue weighted by Crippen LogP contribution is -2.35. The van der Waals surface area contributed by atoms with Crippen LogP contribution >= 0.6 is 12.4 Å². The van der Waals surface area contributed by atoms with Crippen LogP contribution in [0.5, 0.6) is 0 Å². The van der Waals surface area contributed by atoms with Crippen LogP contribution in [0.1, 0.15) is 13.3 Å². The molecule has 20 heavy (non-hydrogen) atoms. The van der Waals surface area contributed by atoms with Gasteiger partial charge in [0.15, 0.2) is 4.90 Å². The van der Waals surface area contributed by atoms with Crippen LogP contribution in [0.25, 0.3) is 0 Å². The monoisotopic (exact) mass is 326 g/mol. The highest BCUT2D eigenvalue weighted by atomic mass is 35.5. The second kappa shape index (κ2) is 5.93. The molecule has 1 aromatic rings. The van der Waals surface area contributed by atoms with E-state index in [1.54, 1.807) is 0 Å². The predicted molar refractivity (Wildman–Crippen MR) is 74.1 cm³/mol. The molecule has 0 aliphatic carbocycles. The summed E-state index contributed by atoms with van der Waals surface area (Å²) in [6.45, 7) is 2.60. The lowest BCUT2D eigenvalue weighted by atomic mass is 9.90. The number of hydrogen-bond donors (Lipinski definition) is 1. The lowest BCUT2D eigenvalue weighted by Gasteiger charge is -2.22. The van der Waals surface area contributed by atoms with Gasteiger partial charge in [-0.25, -0.2) is 17.2 Å². The molecular weight excluding hydrogens is 310 g/mol. The van der Waals surface area contributed by atoms with Crippen LogP contribution in [0.15, 0.2) is 23.1 Å². The molecule has 0 spiro atoms. The van der Waals surface area contributed by atoms with E-state index in [0.717, 1.165) is 22.5 Å². The molecule has 114 valence electrons. The third-order valence-corrected chi connectivity index (χ3v) is 5.43. The molecule has 2 rings (SSSR count). The normalized spacial score (nSPS) is 23.6. The number of benzene rings is 1. The van der Waals surface area contributed by atoms with Gasteiger partial charge < -0.3 is 5.73 Å². The van der Waals surface area contributed by atoms with Crippen molar-refractivity contribution in [3.05, 3.63) is 29.8 Å². The molecule has 0 radical (unpaired) electrons. The Labute approximate surface area is 123 Å². The molecule has 1 atom stereocenters. The summed E-state index contributed by atoms with van der Waals surface area (Å²) in [6.07, 6.45) is 0.582. The van der Waals surface area contributed by atoms with E-state index in [2.05, 4.69) is 0 Å². The molecule has 8 heteroatoms. The molecule has 0 aromatic heterocycles. The Morgan fingerprint density at radius 2 is 1.90 bits per heavy atom. The van der Waals surface area contributed by atoms with Gasteiger partial charge in [-0.3, -0.25) is 0 Å². The molecule has 0 bridgehead atoms. The molecule has 1 fully saturated rings. The second-order valence-electron chi connectivity index (χ2n) is 5.15. The number of nitrogens with zero attached hydrogens (tertiary/aromatic N) is 1. The van der Waals surface area contributed by atoms with Gasteiger partial charge in [0.25, 0.3) is 0 Å². The van der Waals surface area contributed by atoms with Crippen LogP contribution < -0.4 is 5.73 Å². The van der Waals surface area contributed by atoms with Crippen LogP contribution in [0, 0.1) is 17.0 Å². The topological polar surface area (TPSA) is 63.4 Å². The molecular formula is C12H17ClF2N2O2S. The third-order valence-electron chi connectivity index (χ3n) is 3.53. The second-order valence-corrected chi connectivity index (χ2v) is 7.03. The zero-order valence-electron chi connectivity index (χ0n) is 11.0. The minimum atomic E-state index is -4.15. The lowest BCUT2D eigenvalue weighted by molar-refractivity contribution is 0.348. The minimum absolute atomic E-state index is 0. The molecule has 4 nitrogen and oxygen atoms in total. The Balaban J connectivity index is 0.00000200. The zero-order chi connectivity index (χ0) is 14.3. The Bertz CT molecular complexity index is 577. The van der Waals surface area contributed by atoms with Crippen LogP contribution in [0.4, 0.5) is 8.78 Å². The van der Waals surface area contributed by atoms with Crippen LogP contribution in [-0.2, 0) is 10.0 Å². The number of sulfonamides is 1. The Morgan fingerprint density at radius 1 is 1.35 bits per heavy atom. The van der Waals surface area contributed by atoms with Crippen molar-refractivity contribution in [2.45, 2.75) is 18.2 Å². The van der Waals surface area contributed by atoms with Crippen molar-refractivity contribution in [2.75, 3.05) is 19.6 Å². The SMILES string of the molecule is CC1(CN)CCN(S(=O)(=O)c2c(F)cccc2F)C1.Cl. The zero-order valence-corrected chi connectivity index (χ0v) is 12.6. The molecule has 1 aliphatic rings. The van der Waals surface area contributed by atoms with Gasteiger partial charge >= 0.3 is 0 Å². The summed E-state index contributed by atoms with van der Waals surface area (Å²) in [7, 11) is -4.15.